The van der Waals surface area contributed by atoms with E-state index >= 15 is 0 Å². The maximum absolute atomic E-state index is 12.3. The molecule has 0 radical (unpaired) electrons. The Bertz CT molecular complexity index is 1020. The van der Waals surface area contributed by atoms with E-state index < -0.39 is 0 Å². The average Bonchev–Trinajstić information content (AvgIpc) is 2.69. The summed E-state index contributed by atoms with van der Waals surface area (Å²) in [7, 11) is 0. The number of nitrogens with zero attached hydrogens (tertiary/aromatic N) is 3. The Labute approximate surface area is 157 Å². The van der Waals surface area contributed by atoms with Crippen molar-refractivity contribution in [1.29, 1.82) is 0 Å². The number of Topliss-reactive ketones (excluding diaryl/α,β-unsaturated/α-hetero) is 1. The highest BCUT2D eigenvalue weighted by Crippen LogP contribution is 2.18. The molecule has 0 aliphatic carbocycles. The SMILES string of the molecule is CC(=O)c1ccc(N2CCN(Cc3nc4ccccc4[nH]c3=O)CC2)cc1. The van der Waals surface area contributed by atoms with Gasteiger partial charge in [0, 0.05) is 44.0 Å². The molecule has 27 heavy (non-hydrogen) atoms. The van der Waals surface area contributed by atoms with Crippen LogP contribution in [0.1, 0.15) is 23.0 Å². The molecule has 0 saturated carbocycles. The van der Waals surface area contributed by atoms with E-state index in [0.717, 1.165) is 48.5 Å². The molecule has 0 amide bonds. The van der Waals surface area contributed by atoms with E-state index in [0.29, 0.717) is 12.2 Å². The van der Waals surface area contributed by atoms with Gasteiger partial charge in [0.15, 0.2) is 5.78 Å². The number of anilines is 1. The fourth-order valence-corrected chi connectivity index (χ4v) is 3.46. The number of aromatic nitrogens is 2. The number of carbonyl (C=O) groups is 1. The van der Waals surface area contributed by atoms with Crippen LogP contribution in [0, 0.1) is 0 Å². The Balaban J connectivity index is 1.41. The number of para-hydroxylation sites is 2. The topological polar surface area (TPSA) is 69.3 Å². The summed E-state index contributed by atoms with van der Waals surface area (Å²) in [4.78, 5) is 35.7. The predicted molar refractivity (Wildman–Crippen MR) is 106 cm³/mol. The quantitative estimate of drug-likeness (QED) is 0.722. The Kier molecular flexibility index (Phi) is 4.73. The summed E-state index contributed by atoms with van der Waals surface area (Å²) in [5, 5.41) is 0. The van der Waals surface area contributed by atoms with Gasteiger partial charge in [0.1, 0.15) is 5.69 Å². The van der Waals surface area contributed by atoms with Gasteiger partial charge in [-0.25, -0.2) is 4.98 Å². The Morgan fingerprint density at radius 2 is 1.74 bits per heavy atom. The fraction of sp³-hybridized carbons (Fsp3) is 0.286. The van der Waals surface area contributed by atoms with Crippen molar-refractivity contribution in [3.63, 3.8) is 0 Å². The first kappa shape index (κ1) is 17.4. The molecule has 6 nitrogen and oxygen atoms in total. The highest BCUT2D eigenvalue weighted by Gasteiger charge is 2.19. The average molecular weight is 362 g/mol. The number of ketones is 1. The van der Waals surface area contributed by atoms with Gasteiger partial charge in [-0.3, -0.25) is 14.5 Å². The molecule has 1 fully saturated rings. The van der Waals surface area contributed by atoms with Crippen molar-refractivity contribution in [3.05, 3.63) is 70.1 Å². The second-order valence-corrected chi connectivity index (χ2v) is 6.90. The van der Waals surface area contributed by atoms with Crippen molar-refractivity contribution in [3.8, 4) is 0 Å². The van der Waals surface area contributed by atoms with Crippen LogP contribution in [0.4, 0.5) is 5.69 Å². The number of rotatable bonds is 4. The van der Waals surface area contributed by atoms with Crippen molar-refractivity contribution >= 4 is 22.5 Å². The molecule has 1 aliphatic heterocycles. The molecule has 0 unspecified atom stereocenters. The van der Waals surface area contributed by atoms with Crippen molar-refractivity contribution in [1.82, 2.24) is 14.9 Å². The molecule has 1 aliphatic rings. The van der Waals surface area contributed by atoms with Crippen LogP contribution < -0.4 is 10.5 Å². The fourth-order valence-electron chi connectivity index (χ4n) is 3.46. The third-order valence-corrected chi connectivity index (χ3v) is 5.05. The standard InChI is InChI=1S/C21H22N4O2/c1-15(26)16-6-8-17(9-7-16)25-12-10-24(11-13-25)14-20-21(27)23-19-5-3-2-4-18(19)22-20/h2-9H,10-14H2,1H3,(H,23,27). The largest absolute Gasteiger partial charge is 0.369 e. The van der Waals surface area contributed by atoms with Crippen LogP contribution in [0.3, 0.4) is 0 Å². The van der Waals surface area contributed by atoms with E-state index in [1.807, 2.05) is 48.5 Å². The molecule has 0 spiro atoms. The lowest BCUT2D eigenvalue weighted by atomic mass is 10.1. The molecule has 4 rings (SSSR count). The van der Waals surface area contributed by atoms with Gasteiger partial charge in [-0.1, -0.05) is 12.1 Å². The first-order valence-corrected chi connectivity index (χ1v) is 9.16. The molecular formula is C21H22N4O2. The van der Waals surface area contributed by atoms with E-state index in [1.165, 1.54) is 0 Å². The van der Waals surface area contributed by atoms with Crippen LogP contribution in [-0.4, -0.2) is 46.8 Å². The number of hydrogen-bond donors (Lipinski definition) is 1. The van der Waals surface area contributed by atoms with Gasteiger partial charge in [-0.15, -0.1) is 0 Å². The van der Waals surface area contributed by atoms with Crippen molar-refractivity contribution in [2.24, 2.45) is 0 Å². The molecule has 2 aromatic carbocycles. The van der Waals surface area contributed by atoms with Crippen LogP contribution in [0.2, 0.25) is 0 Å². The molecule has 2 heterocycles. The summed E-state index contributed by atoms with van der Waals surface area (Å²) >= 11 is 0. The lowest BCUT2D eigenvalue weighted by Crippen LogP contribution is -2.46. The van der Waals surface area contributed by atoms with Crippen molar-refractivity contribution in [2.75, 3.05) is 31.1 Å². The van der Waals surface area contributed by atoms with E-state index in [9.17, 15) is 9.59 Å². The van der Waals surface area contributed by atoms with E-state index in [1.54, 1.807) is 6.92 Å². The molecule has 1 saturated heterocycles. The number of fused-ring (bicyclic) bond motifs is 1. The third kappa shape index (κ3) is 3.75. The summed E-state index contributed by atoms with van der Waals surface area (Å²) in [5.41, 5.74) is 3.89. The summed E-state index contributed by atoms with van der Waals surface area (Å²) in [6.45, 7) is 5.62. The minimum Gasteiger partial charge on any atom is -0.369 e. The van der Waals surface area contributed by atoms with Crippen molar-refractivity contribution in [2.45, 2.75) is 13.5 Å². The first-order chi connectivity index (χ1) is 13.1. The van der Waals surface area contributed by atoms with Gasteiger partial charge in [0.05, 0.1) is 11.0 Å². The molecule has 0 atom stereocenters. The van der Waals surface area contributed by atoms with E-state index in [4.69, 9.17) is 0 Å². The highest BCUT2D eigenvalue weighted by molar-refractivity contribution is 5.94. The molecule has 6 heteroatoms. The summed E-state index contributed by atoms with van der Waals surface area (Å²) in [5.74, 6) is 0.0828. The second-order valence-electron chi connectivity index (χ2n) is 6.90. The minimum atomic E-state index is -0.115. The smallest absolute Gasteiger partial charge is 0.271 e. The Morgan fingerprint density at radius 3 is 2.44 bits per heavy atom. The lowest BCUT2D eigenvalue weighted by molar-refractivity contribution is 0.101. The molecule has 0 bridgehead atoms. The van der Waals surface area contributed by atoms with E-state index in [-0.39, 0.29) is 11.3 Å². The summed E-state index contributed by atoms with van der Waals surface area (Å²) in [6, 6.07) is 15.4. The third-order valence-electron chi connectivity index (χ3n) is 5.05. The van der Waals surface area contributed by atoms with Crippen LogP contribution in [0.25, 0.3) is 11.0 Å². The number of hydrogen-bond acceptors (Lipinski definition) is 5. The zero-order chi connectivity index (χ0) is 18.8. The Hall–Kier alpha value is -2.99. The maximum atomic E-state index is 12.3. The molecule has 138 valence electrons. The molecular weight excluding hydrogens is 340 g/mol. The number of benzene rings is 2. The highest BCUT2D eigenvalue weighted by atomic mass is 16.1. The van der Waals surface area contributed by atoms with Gasteiger partial charge in [-0.05, 0) is 43.3 Å². The zero-order valence-corrected chi connectivity index (χ0v) is 15.3. The van der Waals surface area contributed by atoms with Gasteiger partial charge < -0.3 is 9.88 Å². The zero-order valence-electron chi connectivity index (χ0n) is 15.3. The number of nitrogens with one attached hydrogen (secondary N) is 1. The molecule has 3 aromatic rings. The second kappa shape index (κ2) is 7.32. The summed E-state index contributed by atoms with van der Waals surface area (Å²) in [6.07, 6.45) is 0. The van der Waals surface area contributed by atoms with Gasteiger partial charge in [0.2, 0.25) is 0 Å². The predicted octanol–water partition coefficient (Wildman–Crippen LogP) is 2.45. The lowest BCUT2D eigenvalue weighted by Gasteiger charge is -2.35. The molecule has 1 N–H and O–H groups in total. The summed E-state index contributed by atoms with van der Waals surface area (Å²) < 4.78 is 0. The normalized spacial score (nSPS) is 15.2. The van der Waals surface area contributed by atoms with Crippen LogP contribution in [0.5, 0.6) is 0 Å². The van der Waals surface area contributed by atoms with Gasteiger partial charge >= 0.3 is 0 Å². The number of aromatic amines is 1. The van der Waals surface area contributed by atoms with Crippen LogP contribution >= 0.6 is 0 Å². The minimum absolute atomic E-state index is 0.0828. The van der Waals surface area contributed by atoms with Gasteiger partial charge in [-0.2, -0.15) is 0 Å². The maximum Gasteiger partial charge on any atom is 0.271 e. The number of H-pyrrole nitrogens is 1. The monoisotopic (exact) mass is 362 g/mol. The number of piperazine rings is 1. The molecule has 1 aromatic heterocycles. The van der Waals surface area contributed by atoms with E-state index in [2.05, 4.69) is 19.8 Å². The Morgan fingerprint density at radius 1 is 1.04 bits per heavy atom. The number of carbonyl (C=O) groups excluding carboxylic acids is 1. The van der Waals surface area contributed by atoms with Crippen LogP contribution in [0.15, 0.2) is 53.3 Å². The first-order valence-electron chi connectivity index (χ1n) is 9.16. The van der Waals surface area contributed by atoms with Crippen LogP contribution in [-0.2, 0) is 6.54 Å². The van der Waals surface area contributed by atoms with Gasteiger partial charge in [0.25, 0.3) is 5.56 Å². The van der Waals surface area contributed by atoms with Crippen molar-refractivity contribution < 1.29 is 4.79 Å².